The molecule has 0 saturated carbocycles. The van der Waals surface area contributed by atoms with Crippen molar-refractivity contribution in [2.45, 2.75) is 5.41 Å². The summed E-state index contributed by atoms with van der Waals surface area (Å²) in [6.07, 6.45) is 0. The van der Waals surface area contributed by atoms with Crippen LogP contribution in [0.25, 0.3) is 87.2 Å². The summed E-state index contributed by atoms with van der Waals surface area (Å²) >= 11 is 0. The molecule has 55 heavy (non-hydrogen) atoms. The molecule has 0 fully saturated rings. The Morgan fingerprint density at radius 1 is 0.291 bits per heavy atom. The summed E-state index contributed by atoms with van der Waals surface area (Å²) in [5, 5.41) is 12.9. The summed E-state index contributed by atoms with van der Waals surface area (Å²) < 4.78 is 0. The van der Waals surface area contributed by atoms with Crippen LogP contribution in [0.2, 0.25) is 0 Å². The Morgan fingerprint density at radius 2 is 0.855 bits per heavy atom. The normalized spacial score (nSPS) is 13.2. The SMILES string of the molecule is c1ccc(C2(c3ccccc3)c3ccccc3-c3c(-c4ccc5ccccc5c4)cc4ccc(-c5ccc6ccc7cccc8ccc5c6c78)cc4c32)cc1. The van der Waals surface area contributed by atoms with Gasteiger partial charge in [0.1, 0.15) is 0 Å². The molecule has 0 spiro atoms. The minimum Gasteiger partial charge on any atom is -0.0622 e. The average Bonchev–Trinajstić information content (AvgIpc) is 3.58. The smallest absolute Gasteiger partial charge is 0.0622 e. The molecule has 0 radical (unpaired) electrons. The molecule has 0 bridgehead atoms. The molecule has 0 heteroatoms. The maximum atomic E-state index is 2.50. The number of hydrogen-bond donors (Lipinski definition) is 0. The van der Waals surface area contributed by atoms with Gasteiger partial charge in [-0.2, -0.15) is 0 Å². The second kappa shape index (κ2) is 11.5. The molecule has 0 heterocycles. The Balaban J connectivity index is 1.24. The van der Waals surface area contributed by atoms with Gasteiger partial charge in [0.15, 0.2) is 0 Å². The molecule has 0 nitrogen and oxygen atoms in total. The summed E-state index contributed by atoms with van der Waals surface area (Å²) in [6.45, 7) is 0. The molecule has 0 saturated heterocycles. The third kappa shape index (κ3) is 4.23. The fourth-order valence-corrected chi connectivity index (χ4v) is 10.1. The van der Waals surface area contributed by atoms with Gasteiger partial charge in [0.05, 0.1) is 5.41 Å². The Morgan fingerprint density at radius 3 is 1.62 bits per heavy atom. The first-order valence-corrected chi connectivity index (χ1v) is 19.3. The topological polar surface area (TPSA) is 0 Å². The maximum Gasteiger partial charge on any atom is 0.0719 e. The van der Waals surface area contributed by atoms with Gasteiger partial charge in [-0.25, -0.2) is 0 Å². The van der Waals surface area contributed by atoms with E-state index in [4.69, 9.17) is 0 Å². The first kappa shape index (κ1) is 30.4. The Labute approximate surface area is 319 Å². The zero-order valence-electron chi connectivity index (χ0n) is 30.1. The standard InChI is InChI=1S/C55H34/c1-3-16-43(17-4-1)55(44-18-5-2-6-19-44)50-21-10-9-20-47(50)53-48(40-25-22-35-12-7-8-13-39(35)32-40)33-42-27-26-41(34-49(42)54(53)55)45-30-28-38-24-23-36-14-11-15-37-29-31-46(45)52(38)51(36)37/h1-34H. The highest BCUT2D eigenvalue weighted by Gasteiger charge is 2.48. The van der Waals surface area contributed by atoms with E-state index in [9.17, 15) is 0 Å². The van der Waals surface area contributed by atoms with E-state index in [2.05, 4.69) is 206 Å². The summed E-state index contributed by atoms with van der Waals surface area (Å²) in [6, 6.07) is 77.4. The van der Waals surface area contributed by atoms with Crippen LogP contribution in [-0.4, -0.2) is 0 Å². The van der Waals surface area contributed by atoms with Crippen LogP contribution < -0.4 is 0 Å². The quantitative estimate of drug-likeness (QED) is 0.161. The van der Waals surface area contributed by atoms with Crippen LogP contribution >= 0.6 is 0 Å². The van der Waals surface area contributed by atoms with Crippen LogP contribution in [0.4, 0.5) is 0 Å². The van der Waals surface area contributed by atoms with Gasteiger partial charge >= 0.3 is 0 Å². The Hall–Kier alpha value is -7.02. The first-order valence-electron chi connectivity index (χ1n) is 19.3. The van der Waals surface area contributed by atoms with E-state index in [-0.39, 0.29) is 0 Å². The van der Waals surface area contributed by atoms with Crippen molar-refractivity contribution in [2.75, 3.05) is 0 Å². The van der Waals surface area contributed by atoms with E-state index in [0.717, 1.165) is 0 Å². The molecule has 0 amide bonds. The molecule has 11 aromatic rings. The zero-order valence-corrected chi connectivity index (χ0v) is 30.1. The zero-order chi connectivity index (χ0) is 36.1. The second-order valence-corrected chi connectivity index (χ2v) is 15.2. The van der Waals surface area contributed by atoms with E-state index in [1.807, 2.05) is 0 Å². The summed E-state index contributed by atoms with van der Waals surface area (Å²) in [4.78, 5) is 0. The highest BCUT2D eigenvalue weighted by Crippen LogP contribution is 2.60. The number of hydrogen-bond acceptors (Lipinski definition) is 0. The number of benzene rings is 11. The van der Waals surface area contributed by atoms with Crippen molar-refractivity contribution >= 4 is 53.9 Å². The molecular formula is C55H34. The lowest BCUT2D eigenvalue weighted by Crippen LogP contribution is -2.28. The Kier molecular flexibility index (Phi) is 6.36. The molecule has 0 unspecified atom stereocenters. The lowest BCUT2D eigenvalue weighted by Gasteiger charge is -2.35. The van der Waals surface area contributed by atoms with Crippen LogP contribution in [0.3, 0.4) is 0 Å². The molecule has 0 N–H and O–H groups in total. The van der Waals surface area contributed by atoms with E-state index in [0.29, 0.717) is 0 Å². The predicted octanol–water partition coefficient (Wildman–Crippen LogP) is 14.6. The van der Waals surface area contributed by atoms with E-state index < -0.39 is 5.41 Å². The van der Waals surface area contributed by atoms with Crippen LogP contribution in [0.15, 0.2) is 206 Å². The first-order chi connectivity index (χ1) is 27.3. The van der Waals surface area contributed by atoms with Gasteiger partial charge in [-0.1, -0.05) is 188 Å². The van der Waals surface area contributed by atoms with Crippen molar-refractivity contribution in [2.24, 2.45) is 0 Å². The van der Waals surface area contributed by atoms with Crippen molar-refractivity contribution in [1.29, 1.82) is 0 Å². The van der Waals surface area contributed by atoms with Crippen LogP contribution in [0.5, 0.6) is 0 Å². The van der Waals surface area contributed by atoms with Gasteiger partial charge in [0.2, 0.25) is 0 Å². The van der Waals surface area contributed by atoms with Crippen LogP contribution in [-0.2, 0) is 5.41 Å². The molecular weight excluding hydrogens is 661 g/mol. The fraction of sp³-hybridized carbons (Fsp3) is 0.0182. The van der Waals surface area contributed by atoms with Gasteiger partial charge in [0, 0.05) is 0 Å². The van der Waals surface area contributed by atoms with Gasteiger partial charge in [-0.15, -0.1) is 0 Å². The monoisotopic (exact) mass is 694 g/mol. The van der Waals surface area contributed by atoms with Gasteiger partial charge in [0.25, 0.3) is 0 Å². The molecule has 1 aliphatic carbocycles. The number of rotatable bonds is 4. The van der Waals surface area contributed by atoms with Gasteiger partial charge in [-0.05, 0) is 128 Å². The molecule has 12 rings (SSSR count). The third-order valence-electron chi connectivity index (χ3n) is 12.4. The van der Waals surface area contributed by atoms with Crippen molar-refractivity contribution in [1.82, 2.24) is 0 Å². The molecule has 0 atom stereocenters. The van der Waals surface area contributed by atoms with Crippen LogP contribution in [0.1, 0.15) is 22.3 Å². The van der Waals surface area contributed by atoms with E-state index in [1.54, 1.807) is 0 Å². The lowest BCUT2D eigenvalue weighted by molar-refractivity contribution is 0.775. The molecule has 1 aliphatic rings. The molecule has 254 valence electrons. The highest BCUT2D eigenvalue weighted by molar-refractivity contribution is 6.25. The van der Waals surface area contributed by atoms with E-state index in [1.165, 1.54) is 109 Å². The summed E-state index contributed by atoms with van der Waals surface area (Å²) in [5.74, 6) is 0. The maximum absolute atomic E-state index is 2.50. The highest BCUT2D eigenvalue weighted by atomic mass is 14.5. The minimum absolute atomic E-state index is 0.541. The second-order valence-electron chi connectivity index (χ2n) is 15.2. The van der Waals surface area contributed by atoms with Crippen molar-refractivity contribution in [3.8, 4) is 33.4 Å². The molecule has 0 aromatic heterocycles. The van der Waals surface area contributed by atoms with Crippen molar-refractivity contribution in [3.05, 3.63) is 229 Å². The van der Waals surface area contributed by atoms with E-state index >= 15 is 0 Å². The summed E-state index contributed by atoms with van der Waals surface area (Å²) in [5.41, 5.74) is 12.3. The summed E-state index contributed by atoms with van der Waals surface area (Å²) in [7, 11) is 0. The Bertz CT molecular complexity index is 3240. The lowest BCUT2D eigenvalue weighted by atomic mass is 9.66. The fourth-order valence-electron chi connectivity index (χ4n) is 10.1. The molecule has 11 aromatic carbocycles. The van der Waals surface area contributed by atoms with Gasteiger partial charge in [-0.3, -0.25) is 0 Å². The van der Waals surface area contributed by atoms with Crippen molar-refractivity contribution in [3.63, 3.8) is 0 Å². The average molecular weight is 695 g/mol. The third-order valence-corrected chi connectivity index (χ3v) is 12.4. The van der Waals surface area contributed by atoms with Crippen molar-refractivity contribution < 1.29 is 0 Å². The van der Waals surface area contributed by atoms with Crippen LogP contribution in [0, 0.1) is 0 Å². The largest absolute Gasteiger partial charge is 0.0719 e. The molecule has 0 aliphatic heterocycles. The number of fused-ring (bicyclic) bond motifs is 6. The predicted molar refractivity (Wildman–Crippen MR) is 233 cm³/mol. The minimum atomic E-state index is -0.541. The van der Waals surface area contributed by atoms with Gasteiger partial charge < -0.3 is 0 Å².